The molecule has 0 aromatic heterocycles. The summed E-state index contributed by atoms with van der Waals surface area (Å²) in [5, 5.41) is -0.978. The quantitative estimate of drug-likeness (QED) is 0.808. The van der Waals surface area contributed by atoms with Gasteiger partial charge in [-0.1, -0.05) is 29.8 Å². The molecule has 0 aliphatic rings. The van der Waals surface area contributed by atoms with Crippen molar-refractivity contribution in [2.24, 2.45) is 0 Å². The number of hydrogen-bond acceptors (Lipinski definition) is 3. The van der Waals surface area contributed by atoms with Gasteiger partial charge in [0, 0.05) is 10.6 Å². The molecule has 0 N–H and O–H groups in total. The Morgan fingerprint density at radius 2 is 1.81 bits per heavy atom. The molecule has 0 aliphatic heterocycles. The van der Waals surface area contributed by atoms with Crippen molar-refractivity contribution in [1.82, 2.24) is 0 Å². The molecule has 110 valence electrons. The van der Waals surface area contributed by atoms with Gasteiger partial charge >= 0.3 is 0 Å². The Morgan fingerprint density at radius 3 is 2.43 bits per heavy atom. The van der Waals surface area contributed by atoms with Crippen molar-refractivity contribution < 1.29 is 17.6 Å². The van der Waals surface area contributed by atoms with Crippen molar-refractivity contribution in [2.45, 2.75) is 17.1 Å². The molecular formula is C15H12ClFO3S. The van der Waals surface area contributed by atoms with E-state index in [2.05, 4.69) is 0 Å². The van der Waals surface area contributed by atoms with Gasteiger partial charge in [-0.15, -0.1) is 0 Å². The molecule has 6 heteroatoms. The number of hydrogen-bond donors (Lipinski definition) is 0. The maximum absolute atomic E-state index is 13.2. The lowest BCUT2D eigenvalue weighted by Crippen LogP contribution is -2.27. The molecule has 0 heterocycles. The van der Waals surface area contributed by atoms with Gasteiger partial charge in [-0.3, -0.25) is 4.79 Å². The van der Waals surface area contributed by atoms with Crippen LogP contribution in [0.15, 0.2) is 53.4 Å². The second kappa shape index (κ2) is 5.95. The van der Waals surface area contributed by atoms with Crippen molar-refractivity contribution >= 4 is 27.2 Å². The van der Waals surface area contributed by atoms with Crippen LogP contribution in [0, 0.1) is 5.82 Å². The van der Waals surface area contributed by atoms with Gasteiger partial charge in [0.1, 0.15) is 11.1 Å². The molecule has 2 aromatic carbocycles. The molecule has 0 aliphatic carbocycles. The Balaban J connectivity index is 2.39. The average Bonchev–Trinajstić information content (AvgIpc) is 2.45. The molecule has 21 heavy (non-hydrogen) atoms. The summed E-state index contributed by atoms with van der Waals surface area (Å²) in [6.07, 6.45) is 0. The van der Waals surface area contributed by atoms with Crippen LogP contribution < -0.4 is 0 Å². The number of ketones is 1. The van der Waals surface area contributed by atoms with Gasteiger partial charge < -0.3 is 0 Å². The van der Waals surface area contributed by atoms with Crippen LogP contribution >= 0.6 is 11.6 Å². The fraction of sp³-hybridized carbons (Fsp3) is 0.133. The highest BCUT2D eigenvalue weighted by molar-refractivity contribution is 7.92. The summed E-state index contributed by atoms with van der Waals surface area (Å²) in [5.74, 6) is -1.25. The minimum Gasteiger partial charge on any atom is -0.293 e. The van der Waals surface area contributed by atoms with Gasteiger partial charge in [-0.25, -0.2) is 12.8 Å². The zero-order valence-electron chi connectivity index (χ0n) is 11.1. The average molecular weight is 327 g/mol. The van der Waals surface area contributed by atoms with Crippen LogP contribution in [0.5, 0.6) is 0 Å². The first kappa shape index (κ1) is 15.7. The summed E-state index contributed by atoms with van der Waals surface area (Å²) in [7, 11) is -3.95. The number of Topliss-reactive ketones (excluding diaryl/α,β-unsaturated/α-hetero) is 1. The van der Waals surface area contributed by atoms with Gasteiger partial charge in [0.15, 0.2) is 15.6 Å². The summed E-state index contributed by atoms with van der Waals surface area (Å²) in [6, 6.07) is 10.6. The van der Waals surface area contributed by atoms with E-state index in [0.29, 0.717) is 5.02 Å². The van der Waals surface area contributed by atoms with Crippen molar-refractivity contribution in [3.63, 3.8) is 0 Å². The van der Waals surface area contributed by atoms with E-state index < -0.39 is 26.7 Å². The molecule has 2 rings (SSSR count). The van der Waals surface area contributed by atoms with Crippen LogP contribution in [0.25, 0.3) is 0 Å². The minimum atomic E-state index is -3.95. The largest absolute Gasteiger partial charge is 0.293 e. The van der Waals surface area contributed by atoms with Crippen LogP contribution in [0.1, 0.15) is 17.3 Å². The van der Waals surface area contributed by atoms with Gasteiger partial charge in [0.05, 0.1) is 4.90 Å². The minimum absolute atomic E-state index is 0.204. The Morgan fingerprint density at radius 1 is 1.14 bits per heavy atom. The third-order valence-electron chi connectivity index (χ3n) is 3.07. The fourth-order valence-electron chi connectivity index (χ4n) is 1.87. The lowest BCUT2D eigenvalue weighted by atomic mass is 10.1. The third-order valence-corrected chi connectivity index (χ3v) is 5.36. The predicted octanol–water partition coefficient (Wildman–Crippen LogP) is 3.52. The Bertz CT molecular complexity index is 787. The van der Waals surface area contributed by atoms with E-state index in [1.807, 2.05) is 0 Å². The predicted molar refractivity (Wildman–Crippen MR) is 78.8 cm³/mol. The second-order valence-corrected chi connectivity index (χ2v) is 7.22. The van der Waals surface area contributed by atoms with E-state index in [-0.39, 0.29) is 10.5 Å². The van der Waals surface area contributed by atoms with E-state index in [1.165, 1.54) is 31.2 Å². The summed E-state index contributed by atoms with van der Waals surface area (Å²) in [4.78, 5) is 12.1. The molecule has 2 aromatic rings. The molecule has 1 unspecified atom stereocenters. The maximum atomic E-state index is 13.2. The van der Waals surface area contributed by atoms with Crippen LogP contribution in [-0.2, 0) is 9.84 Å². The standard InChI is InChI=1S/C15H12ClFO3S/c1-10(15(18)11-4-2-5-12(16)8-11)21(19,20)14-7-3-6-13(17)9-14/h2-10H,1H3. The van der Waals surface area contributed by atoms with Crippen molar-refractivity contribution in [2.75, 3.05) is 0 Å². The van der Waals surface area contributed by atoms with E-state index in [4.69, 9.17) is 11.6 Å². The smallest absolute Gasteiger partial charge is 0.188 e. The van der Waals surface area contributed by atoms with Gasteiger partial charge in [0.25, 0.3) is 0 Å². The number of carbonyl (C=O) groups excluding carboxylic acids is 1. The van der Waals surface area contributed by atoms with Crippen molar-refractivity contribution in [1.29, 1.82) is 0 Å². The van der Waals surface area contributed by atoms with Crippen molar-refractivity contribution in [3.8, 4) is 0 Å². The van der Waals surface area contributed by atoms with Gasteiger partial charge in [-0.05, 0) is 37.3 Å². The molecule has 0 spiro atoms. The molecule has 0 radical (unpaired) electrons. The normalized spacial score (nSPS) is 12.9. The zero-order valence-corrected chi connectivity index (χ0v) is 12.7. The number of rotatable bonds is 4. The molecule has 0 saturated carbocycles. The van der Waals surface area contributed by atoms with Gasteiger partial charge in [-0.2, -0.15) is 0 Å². The Hall–Kier alpha value is -1.72. The Kier molecular flexibility index (Phi) is 4.44. The molecule has 0 bridgehead atoms. The van der Waals surface area contributed by atoms with Crippen LogP contribution in [0.4, 0.5) is 4.39 Å². The van der Waals surface area contributed by atoms with E-state index in [1.54, 1.807) is 12.1 Å². The SMILES string of the molecule is CC(C(=O)c1cccc(Cl)c1)S(=O)(=O)c1cccc(F)c1. The van der Waals surface area contributed by atoms with Crippen molar-refractivity contribution in [3.05, 3.63) is 64.9 Å². The van der Waals surface area contributed by atoms with Crippen LogP contribution in [0.3, 0.4) is 0 Å². The summed E-state index contributed by atoms with van der Waals surface area (Å²) >= 11 is 5.79. The van der Waals surface area contributed by atoms with Crippen LogP contribution in [0.2, 0.25) is 5.02 Å². The lowest BCUT2D eigenvalue weighted by Gasteiger charge is -2.12. The first-order valence-corrected chi connectivity index (χ1v) is 8.04. The summed E-state index contributed by atoms with van der Waals surface area (Å²) in [6.45, 7) is 1.28. The number of carbonyl (C=O) groups is 1. The first-order chi connectivity index (χ1) is 9.82. The third kappa shape index (κ3) is 3.31. The number of sulfone groups is 1. The van der Waals surface area contributed by atoms with E-state index in [9.17, 15) is 17.6 Å². The molecule has 0 amide bonds. The first-order valence-electron chi connectivity index (χ1n) is 6.11. The number of halogens is 2. The monoisotopic (exact) mass is 326 g/mol. The van der Waals surface area contributed by atoms with E-state index in [0.717, 1.165) is 12.1 Å². The fourth-order valence-corrected chi connectivity index (χ4v) is 3.43. The van der Waals surface area contributed by atoms with E-state index >= 15 is 0 Å². The zero-order chi connectivity index (χ0) is 15.6. The maximum Gasteiger partial charge on any atom is 0.188 e. The summed E-state index contributed by atoms with van der Waals surface area (Å²) in [5.41, 5.74) is 0.204. The highest BCUT2D eigenvalue weighted by Gasteiger charge is 2.30. The highest BCUT2D eigenvalue weighted by Crippen LogP contribution is 2.21. The molecule has 0 saturated heterocycles. The molecule has 1 atom stereocenters. The lowest BCUT2D eigenvalue weighted by molar-refractivity contribution is 0.0991. The van der Waals surface area contributed by atoms with Gasteiger partial charge in [0.2, 0.25) is 0 Å². The summed E-state index contributed by atoms with van der Waals surface area (Å²) < 4.78 is 37.9. The molecular weight excluding hydrogens is 315 g/mol. The number of benzene rings is 2. The van der Waals surface area contributed by atoms with Crippen LogP contribution in [-0.4, -0.2) is 19.5 Å². The highest BCUT2D eigenvalue weighted by atomic mass is 35.5. The Labute approximate surface area is 127 Å². The molecule has 3 nitrogen and oxygen atoms in total. The molecule has 0 fully saturated rings. The second-order valence-electron chi connectivity index (χ2n) is 4.52. The topological polar surface area (TPSA) is 51.2 Å².